The van der Waals surface area contributed by atoms with Crippen LogP contribution in [-0.4, -0.2) is 48.4 Å². The molecule has 138 valence electrons. The Labute approximate surface area is 157 Å². The monoisotopic (exact) mass is 364 g/mol. The number of ether oxygens (including phenoxy) is 1. The van der Waals surface area contributed by atoms with Crippen molar-refractivity contribution in [2.24, 2.45) is 0 Å². The first-order chi connectivity index (χ1) is 13.1. The number of anilines is 1. The summed E-state index contributed by atoms with van der Waals surface area (Å²) in [5.41, 5.74) is 2.44. The van der Waals surface area contributed by atoms with Crippen LogP contribution >= 0.6 is 0 Å². The number of nitrogens with zero attached hydrogens (tertiary/aromatic N) is 2. The Morgan fingerprint density at radius 3 is 2.26 bits per heavy atom. The lowest BCUT2D eigenvalue weighted by atomic mass is 10.1. The van der Waals surface area contributed by atoms with Gasteiger partial charge in [-0.25, -0.2) is 4.79 Å². The van der Waals surface area contributed by atoms with Crippen molar-refractivity contribution in [3.8, 4) is 0 Å². The average molecular weight is 364 g/mol. The number of esters is 1. The fourth-order valence-corrected chi connectivity index (χ4v) is 3.75. The summed E-state index contributed by atoms with van der Waals surface area (Å²) in [6.45, 7) is 3.45. The first-order valence-electron chi connectivity index (χ1n) is 9.09. The molecular weight excluding hydrogens is 344 g/mol. The minimum Gasteiger partial charge on any atom is -0.462 e. The van der Waals surface area contributed by atoms with E-state index < -0.39 is 0 Å². The number of hydrogen-bond donors (Lipinski definition) is 0. The molecule has 2 amide bonds. The van der Waals surface area contributed by atoms with Gasteiger partial charge in [-0.3, -0.25) is 14.5 Å². The van der Waals surface area contributed by atoms with Gasteiger partial charge in [-0.15, -0.1) is 0 Å². The smallest absolute Gasteiger partial charge is 0.338 e. The van der Waals surface area contributed by atoms with Crippen LogP contribution in [0.25, 0.3) is 0 Å². The van der Waals surface area contributed by atoms with Gasteiger partial charge in [0.2, 0.25) is 0 Å². The summed E-state index contributed by atoms with van der Waals surface area (Å²) < 4.78 is 5.00. The summed E-state index contributed by atoms with van der Waals surface area (Å²) in [5.74, 6) is -0.755. The van der Waals surface area contributed by atoms with Gasteiger partial charge in [-0.1, -0.05) is 12.1 Å². The fourth-order valence-electron chi connectivity index (χ4n) is 3.75. The molecule has 0 bridgehead atoms. The molecule has 0 aliphatic carbocycles. The van der Waals surface area contributed by atoms with E-state index >= 15 is 0 Å². The van der Waals surface area contributed by atoms with Gasteiger partial charge in [-0.05, 0) is 49.7 Å². The van der Waals surface area contributed by atoms with Crippen molar-refractivity contribution in [2.45, 2.75) is 19.4 Å². The highest BCUT2D eigenvalue weighted by atomic mass is 16.5. The molecule has 1 saturated heterocycles. The van der Waals surface area contributed by atoms with Crippen LogP contribution in [0.4, 0.5) is 5.69 Å². The molecule has 0 aromatic heterocycles. The van der Waals surface area contributed by atoms with Gasteiger partial charge < -0.3 is 9.64 Å². The van der Waals surface area contributed by atoms with Gasteiger partial charge in [0.05, 0.1) is 29.3 Å². The van der Waals surface area contributed by atoms with Crippen molar-refractivity contribution >= 4 is 23.5 Å². The van der Waals surface area contributed by atoms with Gasteiger partial charge in [-0.2, -0.15) is 0 Å². The third kappa shape index (κ3) is 2.97. The number of carbonyl (C=O) groups excluding carboxylic acids is 3. The number of amides is 2. The Bertz CT molecular complexity index is 872. The van der Waals surface area contributed by atoms with Crippen LogP contribution in [-0.2, 0) is 4.74 Å². The molecular formula is C21H20N2O4. The maximum absolute atomic E-state index is 12.7. The summed E-state index contributed by atoms with van der Waals surface area (Å²) in [6.07, 6.45) is 0.727. The predicted octanol–water partition coefficient (Wildman–Crippen LogP) is 2.74. The average Bonchev–Trinajstić information content (AvgIpc) is 3.26. The Morgan fingerprint density at radius 1 is 1.04 bits per heavy atom. The van der Waals surface area contributed by atoms with Crippen LogP contribution in [0.1, 0.15) is 44.4 Å². The topological polar surface area (TPSA) is 66.9 Å². The number of imide groups is 1. The minimum absolute atomic E-state index is 0.151. The predicted molar refractivity (Wildman–Crippen MR) is 100.0 cm³/mol. The molecule has 2 aromatic carbocycles. The normalized spacial score (nSPS) is 18.8. The molecule has 2 heterocycles. The van der Waals surface area contributed by atoms with Gasteiger partial charge in [0.25, 0.3) is 11.8 Å². The van der Waals surface area contributed by atoms with Crippen molar-refractivity contribution in [1.29, 1.82) is 0 Å². The maximum Gasteiger partial charge on any atom is 0.338 e. The molecule has 1 atom stereocenters. The lowest BCUT2D eigenvalue weighted by Crippen LogP contribution is -2.41. The van der Waals surface area contributed by atoms with Crippen LogP contribution in [0.15, 0.2) is 48.5 Å². The van der Waals surface area contributed by atoms with Crippen molar-refractivity contribution in [2.75, 3.05) is 24.6 Å². The van der Waals surface area contributed by atoms with Crippen LogP contribution in [0.5, 0.6) is 0 Å². The van der Waals surface area contributed by atoms with E-state index in [2.05, 4.69) is 4.90 Å². The second kappa shape index (κ2) is 6.87. The van der Waals surface area contributed by atoms with E-state index in [-0.39, 0.29) is 23.8 Å². The SMILES string of the molecule is CCOC(=O)c1ccc(N2CC[C@H](N3C(=O)c4ccccc4C3=O)C2)cc1. The molecule has 2 aliphatic rings. The Balaban J connectivity index is 1.47. The van der Waals surface area contributed by atoms with Crippen LogP contribution < -0.4 is 4.90 Å². The first kappa shape index (κ1) is 17.3. The van der Waals surface area contributed by atoms with E-state index in [0.29, 0.717) is 29.8 Å². The van der Waals surface area contributed by atoms with Gasteiger partial charge in [0.15, 0.2) is 0 Å². The molecule has 0 spiro atoms. The molecule has 0 saturated carbocycles. The molecule has 0 radical (unpaired) electrons. The molecule has 0 N–H and O–H groups in total. The Morgan fingerprint density at radius 2 is 1.67 bits per heavy atom. The molecule has 4 rings (SSSR count). The van der Waals surface area contributed by atoms with E-state index in [1.165, 1.54) is 4.90 Å². The standard InChI is InChI=1S/C21H20N2O4/c1-2-27-21(26)14-7-9-15(10-8-14)22-12-11-16(13-22)23-19(24)17-5-3-4-6-18(17)20(23)25/h3-10,16H,2,11-13H2,1H3/t16-/m0/s1. The van der Waals surface area contributed by atoms with Crippen LogP contribution in [0.3, 0.4) is 0 Å². The summed E-state index contributed by atoms with van der Waals surface area (Å²) in [5, 5.41) is 0. The highest BCUT2D eigenvalue weighted by molar-refractivity contribution is 6.21. The van der Waals surface area contributed by atoms with Crippen LogP contribution in [0, 0.1) is 0 Å². The highest BCUT2D eigenvalue weighted by Gasteiger charge is 2.42. The second-order valence-corrected chi connectivity index (χ2v) is 6.68. The van der Waals surface area contributed by atoms with Crippen LogP contribution in [0.2, 0.25) is 0 Å². The Kier molecular flexibility index (Phi) is 4.39. The maximum atomic E-state index is 12.7. The molecule has 6 heteroatoms. The Hall–Kier alpha value is -3.15. The molecule has 2 aromatic rings. The number of carbonyl (C=O) groups is 3. The zero-order valence-corrected chi connectivity index (χ0v) is 15.1. The van der Waals surface area contributed by atoms with Crippen molar-refractivity contribution in [3.05, 3.63) is 65.2 Å². The summed E-state index contributed by atoms with van der Waals surface area (Å²) in [7, 11) is 0. The molecule has 2 aliphatic heterocycles. The number of fused-ring (bicyclic) bond motifs is 1. The summed E-state index contributed by atoms with van der Waals surface area (Å²) in [6, 6.07) is 14.0. The van der Waals surface area contributed by atoms with Gasteiger partial charge in [0, 0.05) is 18.8 Å². The zero-order valence-electron chi connectivity index (χ0n) is 15.1. The third-order valence-corrected chi connectivity index (χ3v) is 5.10. The highest BCUT2D eigenvalue weighted by Crippen LogP contribution is 2.30. The second-order valence-electron chi connectivity index (χ2n) is 6.68. The lowest BCUT2D eigenvalue weighted by molar-refractivity contribution is 0.0524. The van der Waals surface area contributed by atoms with Crippen molar-refractivity contribution < 1.29 is 19.1 Å². The van der Waals surface area contributed by atoms with E-state index in [1.54, 1.807) is 43.3 Å². The molecule has 0 unspecified atom stereocenters. The lowest BCUT2D eigenvalue weighted by Gasteiger charge is -2.23. The minimum atomic E-state index is -0.339. The number of rotatable bonds is 4. The number of benzene rings is 2. The zero-order chi connectivity index (χ0) is 19.0. The molecule has 6 nitrogen and oxygen atoms in total. The van der Waals surface area contributed by atoms with E-state index in [1.807, 2.05) is 12.1 Å². The first-order valence-corrected chi connectivity index (χ1v) is 9.09. The molecule has 27 heavy (non-hydrogen) atoms. The van der Waals surface area contributed by atoms with Gasteiger partial charge >= 0.3 is 5.97 Å². The van der Waals surface area contributed by atoms with Crippen molar-refractivity contribution in [3.63, 3.8) is 0 Å². The number of hydrogen-bond acceptors (Lipinski definition) is 5. The third-order valence-electron chi connectivity index (χ3n) is 5.10. The summed E-state index contributed by atoms with van der Waals surface area (Å²) in [4.78, 5) is 40.6. The van der Waals surface area contributed by atoms with E-state index in [0.717, 1.165) is 18.7 Å². The van der Waals surface area contributed by atoms with Gasteiger partial charge in [0.1, 0.15) is 0 Å². The van der Waals surface area contributed by atoms with Crippen molar-refractivity contribution in [1.82, 2.24) is 4.90 Å². The quantitative estimate of drug-likeness (QED) is 0.616. The van der Waals surface area contributed by atoms with E-state index in [4.69, 9.17) is 4.74 Å². The summed E-state index contributed by atoms with van der Waals surface area (Å²) >= 11 is 0. The largest absolute Gasteiger partial charge is 0.462 e. The fraction of sp³-hybridized carbons (Fsp3) is 0.286. The van der Waals surface area contributed by atoms with E-state index in [9.17, 15) is 14.4 Å². The molecule has 1 fully saturated rings.